The molecule has 1 saturated carbocycles. The minimum absolute atomic E-state index is 0.0226. The van der Waals surface area contributed by atoms with Crippen molar-refractivity contribution in [3.05, 3.63) is 70.4 Å². The molecule has 0 amide bonds. The van der Waals surface area contributed by atoms with Crippen LogP contribution in [0.15, 0.2) is 53.3 Å². The molecular formula is C28H35N7O. The van der Waals surface area contributed by atoms with E-state index >= 15 is 0 Å². The van der Waals surface area contributed by atoms with Crippen molar-refractivity contribution < 1.29 is 0 Å². The van der Waals surface area contributed by atoms with Crippen LogP contribution in [0, 0.1) is 5.92 Å². The molecule has 0 unspecified atom stereocenters. The number of hydrogen-bond donors (Lipinski definition) is 1. The van der Waals surface area contributed by atoms with Gasteiger partial charge in [0, 0.05) is 18.5 Å². The summed E-state index contributed by atoms with van der Waals surface area (Å²) in [7, 11) is 0. The second-order valence-corrected chi connectivity index (χ2v) is 9.93. The maximum atomic E-state index is 13.3. The standard InChI is InChI=1S/C28H35N7O/c1-2-3-12-26-31-35(18-17-21-8-5-4-6-9-21)28(36)34(26)20-22-13-15-23(16-14-22)24-10-7-11-25(19-24)27-29-32-33-30-27/h7,10-11,13-16,19,21H,2-6,8-9,12,17-18,20H2,1H3,(H,29,30,32,33). The molecule has 8 nitrogen and oxygen atoms in total. The van der Waals surface area contributed by atoms with Gasteiger partial charge in [0.15, 0.2) is 5.82 Å². The first-order chi connectivity index (χ1) is 17.7. The molecule has 1 fully saturated rings. The third kappa shape index (κ3) is 5.64. The summed E-state index contributed by atoms with van der Waals surface area (Å²) in [4.78, 5) is 13.3. The van der Waals surface area contributed by atoms with Crippen LogP contribution in [0.3, 0.4) is 0 Å². The average molecular weight is 486 g/mol. The first kappa shape index (κ1) is 24.2. The molecule has 2 heterocycles. The highest BCUT2D eigenvalue weighted by Gasteiger charge is 2.17. The molecule has 0 radical (unpaired) electrons. The Kier molecular flexibility index (Phi) is 7.69. The number of H-pyrrole nitrogens is 1. The van der Waals surface area contributed by atoms with E-state index in [2.05, 4.69) is 63.9 Å². The predicted octanol–water partition coefficient (Wildman–Crippen LogP) is 5.25. The minimum Gasteiger partial charge on any atom is -0.274 e. The van der Waals surface area contributed by atoms with Crippen LogP contribution < -0.4 is 5.69 Å². The number of hydrogen-bond acceptors (Lipinski definition) is 5. The number of nitrogens with zero attached hydrogens (tertiary/aromatic N) is 6. The number of rotatable bonds is 10. The van der Waals surface area contributed by atoms with Gasteiger partial charge in [0.2, 0.25) is 0 Å². The molecule has 188 valence electrons. The zero-order valence-corrected chi connectivity index (χ0v) is 21.1. The summed E-state index contributed by atoms with van der Waals surface area (Å²) in [6.07, 6.45) is 10.6. The maximum absolute atomic E-state index is 13.3. The normalized spacial score (nSPS) is 14.4. The maximum Gasteiger partial charge on any atom is 0.346 e. The van der Waals surface area contributed by atoms with Gasteiger partial charge in [-0.25, -0.2) is 14.6 Å². The van der Waals surface area contributed by atoms with Crippen LogP contribution in [0.2, 0.25) is 0 Å². The molecular weight excluding hydrogens is 450 g/mol. The van der Waals surface area contributed by atoms with Crippen molar-refractivity contribution in [3.8, 4) is 22.5 Å². The number of benzene rings is 2. The van der Waals surface area contributed by atoms with Crippen molar-refractivity contribution in [2.24, 2.45) is 5.92 Å². The topological polar surface area (TPSA) is 94.3 Å². The Morgan fingerprint density at radius 2 is 1.81 bits per heavy atom. The Morgan fingerprint density at radius 3 is 2.56 bits per heavy atom. The van der Waals surface area contributed by atoms with Crippen molar-refractivity contribution in [2.45, 2.75) is 77.8 Å². The number of tetrazole rings is 1. The summed E-state index contributed by atoms with van der Waals surface area (Å²) in [5.41, 5.74) is 4.26. The molecule has 5 rings (SSSR count). The van der Waals surface area contributed by atoms with Gasteiger partial charge in [-0.3, -0.25) is 4.57 Å². The number of aromatic nitrogens is 7. The van der Waals surface area contributed by atoms with Gasteiger partial charge in [-0.15, -0.1) is 5.10 Å². The Hall–Kier alpha value is -3.55. The third-order valence-electron chi connectivity index (χ3n) is 7.34. The van der Waals surface area contributed by atoms with E-state index in [1.807, 2.05) is 16.7 Å². The molecule has 1 aliphatic carbocycles. The van der Waals surface area contributed by atoms with Crippen LogP contribution in [-0.4, -0.2) is 35.0 Å². The second kappa shape index (κ2) is 11.5. The lowest BCUT2D eigenvalue weighted by Gasteiger charge is -2.20. The van der Waals surface area contributed by atoms with E-state index < -0.39 is 0 Å². The number of nitrogens with one attached hydrogen (secondary N) is 1. The highest BCUT2D eigenvalue weighted by atomic mass is 16.2. The summed E-state index contributed by atoms with van der Waals surface area (Å²) in [5, 5.41) is 18.9. The van der Waals surface area contributed by atoms with Gasteiger partial charge >= 0.3 is 5.69 Å². The summed E-state index contributed by atoms with van der Waals surface area (Å²) in [6, 6.07) is 16.6. The van der Waals surface area contributed by atoms with Gasteiger partial charge < -0.3 is 0 Å². The molecule has 0 spiro atoms. The number of aryl methyl sites for hydroxylation is 2. The molecule has 0 saturated heterocycles. The van der Waals surface area contributed by atoms with Crippen LogP contribution in [-0.2, 0) is 19.5 Å². The smallest absolute Gasteiger partial charge is 0.274 e. The van der Waals surface area contributed by atoms with Crippen molar-refractivity contribution >= 4 is 0 Å². The molecule has 1 N–H and O–H groups in total. The van der Waals surface area contributed by atoms with Crippen LogP contribution >= 0.6 is 0 Å². The lowest BCUT2D eigenvalue weighted by atomic mass is 9.87. The van der Waals surface area contributed by atoms with E-state index in [4.69, 9.17) is 5.10 Å². The van der Waals surface area contributed by atoms with Crippen molar-refractivity contribution in [1.29, 1.82) is 0 Å². The minimum atomic E-state index is 0.0226. The summed E-state index contributed by atoms with van der Waals surface area (Å²) >= 11 is 0. The molecule has 4 aromatic rings. The quantitative estimate of drug-likeness (QED) is 0.331. The van der Waals surface area contributed by atoms with Gasteiger partial charge in [0.25, 0.3) is 0 Å². The van der Waals surface area contributed by atoms with E-state index in [9.17, 15) is 4.79 Å². The highest BCUT2D eigenvalue weighted by molar-refractivity contribution is 5.70. The molecule has 8 heteroatoms. The Morgan fingerprint density at radius 1 is 1.00 bits per heavy atom. The first-order valence-electron chi connectivity index (χ1n) is 13.3. The van der Waals surface area contributed by atoms with E-state index in [1.165, 1.54) is 32.1 Å². The van der Waals surface area contributed by atoms with E-state index in [0.29, 0.717) is 12.4 Å². The zero-order chi connectivity index (χ0) is 24.7. The van der Waals surface area contributed by atoms with Gasteiger partial charge in [-0.2, -0.15) is 5.10 Å². The molecule has 1 aliphatic rings. The number of unbranched alkanes of at least 4 members (excludes halogenated alkanes) is 1. The Labute approximate surface area is 211 Å². The van der Waals surface area contributed by atoms with Gasteiger partial charge in [-0.1, -0.05) is 87.9 Å². The monoisotopic (exact) mass is 485 g/mol. The molecule has 36 heavy (non-hydrogen) atoms. The lowest BCUT2D eigenvalue weighted by molar-refractivity contribution is 0.316. The summed E-state index contributed by atoms with van der Waals surface area (Å²) < 4.78 is 3.60. The average Bonchev–Trinajstić information content (AvgIpc) is 3.57. The van der Waals surface area contributed by atoms with Gasteiger partial charge in [-0.05, 0) is 51.9 Å². The molecule has 0 atom stereocenters. The second-order valence-electron chi connectivity index (χ2n) is 9.93. The van der Waals surface area contributed by atoms with Crippen LogP contribution in [0.5, 0.6) is 0 Å². The molecule has 0 bridgehead atoms. The Balaban J connectivity index is 1.32. The van der Waals surface area contributed by atoms with Crippen molar-refractivity contribution in [1.82, 2.24) is 35.0 Å². The van der Waals surface area contributed by atoms with E-state index in [1.54, 1.807) is 4.68 Å². The van der Waals surface area contributed by atoms with Crippen LogP contribution in [0.25, 0.3) is 22.5 Å². The molecule has 0 aliphatic heterocycles. The first-order valence-corrected chi connectivity index (χ1v) is 13.3. The van der Waals surface area contributed by atoms with Crippen molar-refractivity contribution in [2.75, 3.05) is 0 Å². The predicted molar refractivity (Wildman–Crippen MR) is 140 cm³/mol. The van der Waals surface area contributed by atoms with Gasteiger partial charge in [0.05, 0.1) is 6.54 Å². The summed E-state index contributed by atoms with van der Waals surface area (Å²) in [5.74, 6) is 2.29. The number of aromatic amines is 1. The largest absolute Gasteiger partial charge is 0.346 e. The van der Waals surface area contributed by atoms with E-state index in [-0.39, 0.29) is 5.69 Å². The van der Waals surface area contributed by atoms with Crippen LogP contribution in [0.4, 0.5) is 0 Å². The fourth-order valence-corrected chi connectivity index (χ4v) is 5.20. The third-order valence-corrected chi connectivity index (χ3v) is 7.34. The SMILES string of the molecule is CCCCc1nn(CCC2CCCCC2)c(=O)n1Cc1ccc(-c2cccc(-c3nnn[nH]3)c2)cc1. The molecule has 2 aromatic heterocycles. The zero-order valence-electron chi connectivity index (χ0n) is 21.1. The van der Waals surface area contributed by atoms with E-state index in [0.717, 1.165) is 66.2 Å². The lowest BCUT2D eigenvalue weighted by Crippen LogP contribution is -2.27. The summed E-state index contributed by atoms with van der Waals surface area (Å²) in [6.45, 7) is 3.45. The fourth-order valence-electron chi connectivity index (χ4n) is 5.20. The molecule has 2 aromatic carbocycles. The highest BCUT2D eigenvalue weighted by Crippen LogP contribution is 2.27. The van der Waals surface area contributed by atoms with Gasteiger partial charge in [0.1, 0.15) is 5.82 Å². The fraction of sp³-hybridized carbons (Fsp3) is 0.464. The Bertz CT molecular complexity index is 1300. The van der Waals surface area contributed by atoms with Crippen molar-refractivity contribution in [3.63, 3.8) is 0 Å². The van der Waals surface area contributed by atoms with Crippen LogP contribution in [0.1, 0.15) is 69.7 Å².